The minimum absolute atomic E-state index is 0.00576. The highest BCUT2D eigenvalue weighted by molar-refractivity contribution is 6.02. The second-order valence-corrected chi connectivity index (χ2v) is 5.19. The Morgan fingerprint density at radius 1 is 1.47 bits per heavy atom. The van der Waals surface area contributed by atoms with Crippen LogP contribution in [0.25, 0.3) is 0 Å². The van der Waals surface area contributed by atoms with Gasteiger partial charge in [-0.25, -0.2) is 0 Å². The van der Waals surface area contributed by atoms with Gasteiger partial charge in [0.1, 0.15) is 5.75 Å². The molecule has 1 N–H and O–H groups in total. The molecule has 1 heterocycles. The van der Waals surface area contributed by atoms with Crippen molar-refractivity contribution in [1.82, 2.24) is 0 Å². The average Bonchev–Trinajstić information content (AvgIpc) is 2.40. The maximum atomic E-state index is 11.9. The minimum atomic E-state index is -0.248. The highest BCUT2D eigenvalue weighted by atomic mass is 16.5. The zero-order valence-corrected chi connectivity index (χ0v) is 11.7. The third-order valence-electron chi connectivity index (χ3n) is 3.78. The quantitative estimate of drug-likeness (QED) is 0.849. The van der Waals surface area contributed by atoms with Crippen LogP contribution in [-0.2, 0) is 0 Å². The van der Waals surface area contributed by atoms with E-state index in [4.69, 9.17) is 4.74 Å². The normalized spacial score (nSPS) is 23.3. The van der Waals surface area contributed by atoms with E-state index < -0.39 is 0 Å². The topological polar surface area (TPSA) is 49.8 Å². The zero-order valence-electron chi connectivity index (χ0n) is 11.7. The largest absolute Gasteiger partial charge is 0.496 e. The first-order valence-corrected chi connectivity index (χ1v) is 6.65. The summed E-state index contributed by atoms with van der Waals surface area (Å²) in [6.45, 7) is 5.11. The van der Waals surface area contributed by atoms with Crippen LogP contribution >= 0.6 is 0 Å². The number of carbonyl (C=O) groups excluding carboxylic acids is 1. The molecule has 0 amide bonds. The van der Waals surface area contributed by atoms with E-state index in [2.05, 4.69) is 4.90 Å². The molecular weight excluding hydrogens is 242 g/mol. The molecule has 1 aromatic rings. The molecule has 1 aliphatic heterocycles. The van der Waals surface area contributed by atoms with E-state index in [9.17, 15) is 9.90 Å². The van der Waals surface area contributed by atoms with Gasteiger partial charge < -0.3 is 14.7 Å². The summed E-state index contributed by atoms with van der Waals surface area (Å²) in [5, 5.41) is 9.80. The van der Waals surface area contributed by atoms with Gasteiger partial charge in [-0.05, 0) is 31.4 Å². The number of hydrogen-bond donors (Lipinski definition) is 1. The first-order chi connectivity index (χ1) is 9.04. The van der Waals surface area contributed by atoms with Gasteiger partial charge in [0.2, 0.25) is 0 Å². The van der Waals surface area contributed by atoms with E-state index in [1.165, 1.54) is 0 Å². The second kappa shape index (κ2) is 5.61. The first-order valence-electron chi connectivity index (χ1n) is 6.65. The summed E-state index contributed by atoms with van der Waals surface area (Å²) in [4.78, 5) is 14.0. The van der Waals surface area contributed by atoms with E-state index in [-0.39, 0.29) is 17.8 Å². The van der Waals surface area contributed by atoms with E-state index in [1.54, 1.807) is 14.0 Å². The van der Waals surface area contributed by atoms with Gasteiger partial charge in [0.15, 0.2) is 5.78 Å². The van der Waals surface area contributed by atoms with Crippen molar-refractivity contribution >= 4 is 11.5 Å². The predicted molar refractivity (Wildman–Crippen MR) is 75.0 cm³/mol. The molecule has 4 heteroatoms. The molecule has 2 atom stereocenters. The monoisotopic (exact) mass is 263 g/mol. The van der Waals surface area contributed by atoms with Crippen LogP contribution < -0.4 is 9.64 Å². The number of ether oxygens (including phenoxy) is 1. The van der Waals surface area contributed by atoms with E-state index in [1.807, 2.05) is 25.1 Å². The maximum absolute atomic E-state index is 11.9. The second-order valence-electron chi connectivity index (χ2n) is 5.19. The summed E-state index contributed by atoms with van der Waals surface area (Å²) in [6, 6.07) is 5.66. The zero-order chi connectivity index (χ0) is 14.0. The SMILES string of the molecule is COc1cccc(N2CCC(O)C(C)C2)c1C(C)=O. The van der Waals surface area contributed by atoms with Gasteiger partial charge in [-0.15, -0.1) is 0 Å². The number of hydrogen-bond acceptors (Lipinski definition) is 4. The van der Waals surface area contributed by atoms with Crippen molar-refractivity contribution in [1.29, 1.82) is 0 Å². The van der Waals surface area contributed by atoms with Gasteiger partial charge in [0.05, 0.1) is 24.5 Å². The fourth-order valence-corrected chi connectivity index (χ4v) is 2.66. The highest BCUT2D eigenvalue weighted by Gasteiger charge is 2.27. The lowest BCUT2D eigenvalue weighted by Gasteiger charge is -2.37. The van der Waals surface area contributed by atoms with E-state index in [0.29, 0.717) is 11.3 Å². The minimum Gasteiger partial charge on any atom is -0.496 e. The fraction of sp³-hybridized carbons (Fsp3) is 0.533. The Morgan fingerprint density at radius 2 is 2.21 bits per heavy atom. The van der Waals surface area contributed by atoms with Crippen LogP contribution in [0.15, 0.2) is 18.2 Å². The summed E-state index contributed by atoms with van der Waals surface area (Å²) >= 11 is 0. The van der Waals surface area contributed by atoms with Crippen molar-refractivity contribution in [3.8, 4) is 5.75 Å². The van der Waals surface area contributed by atoms with Crippen molar-refractivity contribution in [2.24, 2.45) is 5.92 Å². The number of nitrogens with zero attached hydrogens (tertiary/aromatic N) is 1. The highest BCUT2D eigenvalue weighted by Crippen LogP contribution is 2.32. The van der Waals surface area contributed by atoms with Crippen LogP contribution in [0, 0.1) is 5.92 Å². The molecule has 0 aliphatic carbocycles. The van der Waals surface area contributed by atoms with Crippen molar-refractivity contribution in [2.45, 2.75) is 26.4 Å². The van der Waals surface area contributed by atoms with Gasteiger partial charge in [0, 0.05) is 13.1 Å². The molecule has 0 aromatic heterocycles. The van der Waals surface area contributed by atoms with Crippen LogP contribution in [0.2, 0.25) is 0 Å². The van der Waals surface area contributed by atoms with Crippen molar-refractivity contribution in [3.05, 3.63) is 23.8 Å². The molecule has 0 bridgehead atoms. The van der Waals surface area contributed by atoms with Crippen molar-refractivity contribution in [3.63, 3.8) is 0 Å². The van der Waals surface area contributed by atoms with E-state index in [0.717, 1.165) is 25.2 Å². The molecule has 2 unspecified atom stereocenters. The predicted octanol–water partition coefficient (Wildman–Crippen LogP) is 2.10. The number of benzene rings is 1. The van der Waals surface area contributed by atoms with Crippen LogP contribution in [0.4, 0.5) is 5.69 Å². The third-order valence-corrected chi connectivity index (χ3v) is 3.78. The van der Waals surface area contributed by atoms with Crippen LogP contribution in [0.5, 0.6) is 5.75 Å². The van der Waals surface area contributed by atoms with Crippen LogP contribution in [-0.4, -0.2) is 37.2 Å². The number of aliphatic hydroxyl groups excluding tert-OH is 1. The molecule has 104 valence electrons. The molecule has 0 saturated carbocycles. The molecule has 1 fully saturated rings. The third kappa shape index (κ3) is 2.73. The molecule has 0 radical (unpaired) electrons. The number of carbonyl (C=O) groups is 1. The molecule has 1 saturated heterocycles. The standard InChI is InChI=1S/C15H21NO3/c1-10-9-16(8-7-13(10)18)12-5-4-6-14(19-3)15(12)11(2)17/h4-6,10,13,18H,7-9H2,1-3H3. The Kier molecular flexibility index (Phi) is 4.10. The Labute approximate surface area is 114 Å². The lowest BCUT2D eigenvalue weighted by molar-refractivity contribution is 0.0967. The van der Waals surface area contributed by atoms with Crippen LogP contribution in [0.3, 0.4) is 0 Å². The molecule has 4 nitrogen and oxygen atoms in total. The molecule has 1 aliphatic rings. The number of rotatable bonds is 3. The first kappa shape index (κ1) is 13.9. The molecular formula is C15H21NO3. The van der Waals surface area contributed by atoms with Gasteiger partial charge in [-0.1, -0.05) is 13.0 Å². The number of Topliss-reactive ketones (excluding diaryl/α,β-unsaturated/α-hetero) is 1. The molecule has 2 rings (SSSR count). The summed E-state index contributed by atoms with van der Waals surface area (Å²) < 4.78 is 5.29. The molecule has 1 aromatic carbocycles. The number of anilines is 1. The molecule has 0 spiro atoms. The summed E-state index contributed by atoms with van der Waals surface area (Å²) in [6.07, 6.45) is 0.484. The number of aliphatic hydroxyl groups is 1. The fourth-order valence-electron chi connectivity index (χ4n) is 2.66. The Hall–Kier alpha value is -1.55. The van der Waals surface area contributed by atoms with E-state index >= 15 is 0 Å². The summed E-state index contributed by atoms with van der Waals surface area (Å²) in [5.41, 5.74) is 1.54. The van der Waals surface area contributed by atoms with Crippen molar-refractivity contribution < 1.29 is 14.6 Å². The van der Waals surface area contributed by atoms with Crippen molar-refractivity contribution in [2.75, 3.05) is 25.1 Å². The van der Waals surface area contributed by atoms with Gasteiger partial charge >= 0.3 is 0 Å². The van der Waals surface area contributed by atoms with Gasteiger partial charge in [-0.3, -0.25) is 4.79 Å². The van der Waals surface area contributed by atoms with Gasteiger partial charge in [0.25, 0.3) is 0 Å². The Balaban J connectivity index is 2.37. The van der Waals surface area contributed by atoms with Gasteiger partial charge in [-0.2, -0.15) is 0 Å². The Bertz CT molecular complexity index is 472. The number of ketones is 1. The summed E-state index contributed by atoms with van der Waals surface area (Å²) in [7, 11) is 1.58. The summed E-state index contributed by atoms with van der Waals surface area (Å²) in [5.74, 6) is 0.828. The molecule has 19 heavy (non-hydrogen) atoms. The maximum Gasteiger partial charge on any atom is 0.165 e. The lowest BCUT2D eigenvalue weighted by atomic mass is 9.95. The smallest absolute Gasteiger partial charge is 0.165 e. The van der Waals surface area contributed by atoms with Crippen LogP contribution in [0.1, 0.15) is 30.6 Å². The average molecular weight is 263 g/mol. The Morgan fingerprint density at radius 3 is 2.79 bits per heavy atom. The number of methoxy groups -OCH3 is 1. The number of piperidine rings is 1. The lowest BCUT2D eigenvalue weighted by Crippen LogP contribution is -2.42.